The van der Waals surface area contributed by atoms with Gasteiger partial charge in [-0.25, -0.2) is 0 Å². The zero-order valence-corrected chi connectivity index (χ0v) is 12.3. The standard InChI is InChI=1S/C17H22N2O2/c20-13-15-7-5-6-14-8-11-19(17(14)15)12-16(21)18-9-3-1-2-4-10-18/h5-8,11,20H,1-4,9-10,12-13H2. The van der Waals surface area contributed by atoms with Gasteiger partial charge in [-0.15, -0.1) is 0 Å². The molecule has 112 valence electrons. The first kappa shape index (κ1) is 14.1. The van der Waals surface area contributed by atoms with E-state index in [2.05, 4.69) is 0 Å². The molecular formula is C17H22N2O2. The zero-order valence-electron chi connectivity index (χ0n) is 12.3. The highest BCUT2D eigenvalue weighted by molar-refractivity contribution is 5.85. The maximum Gasteiger partial charge on any atom is 0.242 e. The van der Waals surface area contributed by atoms with Gasteiger partial charge in [-0.2, -0.15) is 0 Å². The lowest BCUT2D eigenvalue weighted by Crippen LogP contribution is -2.34. The molecule has 1 aromatic carbocycles. The maximum absolute atomic E-state index is 12.5. The van der Waals surface area contributed by atoms with E-state index in [1.807, 2.05) is 39.9 Å². The van der Waals surface area contributed by atoms with E-state index in [-0.39, 0.29) is 12.5 Å². The number of aliphatic hydroxyl groups is 1. The van der Waals surface area contributed by atoms with Crippen LogP contribution in [-0.4, -0.2) is 33.6 Å². The molecular weight excluding hydrogens is 264 g/mol. The van der Waals surface area contributed by atoms with Crippen LogP contribution >= 0.6 is 0 Å². The van der Waals surface area contributed by atoms with Crippen molar-refractivity contribution >= 4 is 16.8 Å². The molecule has 1 N–H and O–H groups in total. The number of benzene rings is 1. The number of amides is 1. The number of hydrogen-bond acceptors (Lipinski definition) is 2. The Hall–Kier alpha value is -1.81. The molecule has 0 spiro atoms. The van der Waals surface area contributed by atoms with E-state index in [1.165, 1.54) is 12.8 Å². The van der Waals surface area contributed by atoms with Crippen LogP contribution in [0.3, 0.4) is 0 Å². The van der Waals surface area contributed by atoms with Crippen molar-refractivity contribution in [1.82, 2.24) is 9.47 Å². The molecule has 1 aliphatic heterocycles. The molecule has 1 aliphatic rings. The average Bonchev–Trinajstić information content (AvgIpc) is 2.75. The number of carbonyl (C=O) groups excluding carboxylic acids is 1. The third kappa shape index (κ3) is 2.95. The van der Waals surface area contributed by atoms with E-state index in [9.17, 15) is 9.90 Å². The highest BCUT2D eigenvalue weighted by atomic mass is 16.3. The summed E-state index contributed by atoms with van der Waals surface area (Å²) in [4.78, 5) is 14.5. The van der Waals surface area contributed by atoms with Gasteiger partial charge in [-0.1, -0.05) is 31.0 Å². The average molecular weight is 286 g/mol. The second-order valence-electron chi connectivity index (χ2n) is 5.75. The Kier molecular flexibility index (Phi) is 4.25. The molecule has 2 heterocycles. The first-order chi connectivity index (χ1) is 10.3. The number of carbonyl (C=O) groups is 1. The van der Waals surface area contributed by atoms with E-state index in [0.29, 0.717) is 6.54 Å². The summed E-state index contributed by atoms with van der Waals surface area (Å²) in [7, 11) is 0. The van der Waals surface area contributed by atoms with Gasteiger partial charge in [-0.3, -0.25) is 4.79 Å². The predicted molar refractivity (Wildman–Crippen MR) is 82.9 cm³/mol. The summed E-state index contributed by atoms with van der Waals surface area (Å²) in [5.41, 5.74) is 1.85. The fourth-order valence-corrected chi connectivity index (χ4v) is 3.17. The molecule has 2 aromatic rings. The van der Waals surface area contributed by atoms with Crippen molar-refractivity contribution in [2.45, 2.75) is 38.8 Å². The predicted octanol–water partition coefficient (Wildman–Crippen LogP) is 2.54. The zero-order chi connectivity index (χ0) is 14.7. The van der Waals surface area contributed by atoms with Crippen molar-refractivity contribution in [2.75, 3.05) is 13.1 Å². The van der Waals surface area contributed by atoms with E-state index >= 15 is 0 Å². The Bertz CT molecular complexity index is 625. The van der Waals surface area contributed by atoms with Crippen LogP contribution < -0.4 is 0 Å². The molecule has 0 atom stereocenters. The molecule has 0 radical (unpaired) electrons. The number of para-hydroxylation sites is 1. The van der Waals surface area contributed by atoms with E-state index in [4.69, 9.17) is 0 Å². The first-order valence-corrected chi connectivity index (χ1v) is 7.75. The van der Waals surface area contributed by atoms with Gasteiger partial charge >= 0.3 is 0 Å². The van der Waals surface area contributed by atoms with Crippen LogP contribution in [-0.2, 0) is 17.9 Å². The van der Waals surface area contributed by atoms with Gasteiger partial charge in [0.15, 0.2) is 0 Å². The van der Waals surface area contributed by atoms with Crippen molar-refractivity contribution in [3.05, 3.63) is 36.0 Å². The van der Waals surface area contributed by atoms with Gasteiger partial charge in [0.1, 0.15) is 6.54 Å². The summed E-state index contributed by atoms with van der Waals surface area (Å²) < 4.78 is 1.97. The second kappa shape index (κ2) is 6.31. The molecule has 1 saturated heterocycles. The minimum atomic E-state index is -0.000736. The third-order valence-electron chi connectivity index (χ3n) is 4.31. The second-order valence-corrected chi connectivity index (χ2v) is 5.75. The van der Waals surface area contributed by atoms with Crippen molar-refractivity contribution in [3.63, 3.8) is 0 Å². The Morgan fingerprint density at radius 1 is 1.10 bits per heavy atom. The minimum absolute atomic E-state index is 0.000736. The van der Waals surface area contributed by atoms with Gasteiger partial charge in [0, 0.05) is 24.8 Å². The highest BCUT2D eigenvalue weighted by Gasteiger charge is 2.17. The SMILES string of the molecule is O=C(Cn1ccc2cccc(CO)c21)N1CCCCCC1. The smallest absolute Gasteiger partial charge is 0.242 e. The molecule has 0 bridgehead atoms. The highest BCUT2D eigenvalue weighted by Crippen LogP contribution is 2.21. The third-order valence-corrected chi connectivity index (χ3v) is 4.31. The summed E-state index contributed by atoms with van der Waals surface area (Å²) in [6, 6.07) is 7.87. The number of rotatable bonds is 3. The fourth-order valence-electron chi connectivity index (χ4n) is 3.17. The molecule has 4 nitrogen and oxygen atoms in total. The Morgan fingerprint density at radius 2 is 1.86 bits per heavy atom. The molecule has 21 heavy (non-hydrogen) atoms. The number of nitrogens with zero attached hydrogens (tertiary/aromatic N) is 2. The molecule has 1 aromatic heterocycles. The Balaban J connectivity index is 1.82. The molecule has 4 heteroatoms. The number of aromatic nitrogens is 1. The molecule has 0 aliphatic carbocycles. The van der Waals surface area contributed by atoms with Gasteiger partial charge < -0.3 is 14.6 Å². The lowest BCUT2D eigenvalue weighted by atomic mass is 10.1. The van der Waals surface area contributed by atoms with Crippen molar-refractivity contribution < 1.29 is 9.90 Å². The first-order valence-electron chi connectivity index (χ1n) is 7.75. The van der Waals surface area contributed by atoms with Crippen LogP contribution in [0.2, 0.25) is 0 Å². The summed E-state index contributed by atoms with van der Waals surface area (Å²) in [5.74, 6) is 0.183. The molecule has 1 amide bonds. The molecule has 1 fully saturated rings. The lowest BCUT2D eigenvalue weighted by molar-refractivity contribution is -0.131. The minimum Gasteiger partial charge on any atom is -0.392 e. The number of fused-ring (bicyclic) bond motifs is 1. The lowest BCUT2D eigenvalue weighted by Gasteiger charge is -2.21. The van der Waals surface area contributed by atoms with Crippen molar-refractivity contribution in [1.29, 1.82) is 0 Å². The van der Waals surface area contributed by atoms with Gasteiger partial charge in [0.25, 0.3) is 0 Å². The summed E-state index contributed by atoms with van der Waals surface area (Å²) >= 11 is 0. The van der Waals surface area contributed by atoms with Crippen LogP contribution in [0.15, 0.2) is 30.5 Å². The van der Waals surface area contributed by atoms with Crippen LogP contribution in [0.1, 0.15) is 31.2 Å². The maximum atomic E-state index is 12.5. The normalized spacial score (nSPS) is 16.1. The van der Waals surface area contributed by atoms with E-state index < -0.39 is 0 Å². The summed E-state index contributed by atoms with van der Waals surface area (Å²) in [5, 5.41) is 10.6. The molecule has 0 saturated carbocycles. The number of hydrogen-bond donors (Lipinski definition) is 1. The monoisotopic (exact) mass is 286 g/mol. The van der Waals surface area contributed by atoms with Crippen molar-refractivity contribution in [3.8, 4) is 0 Å². The van der Waals surface area contributed by atoms with Crippen LogP contribution in [0.4, 0.5) is 0 Å². The van der Waals surface area contributed by atoms with E-state index in [0.717, 1.165) is 42.4 Å². The Morgan fingerprint density at radius 3 is 2.57 bits per heavy atom. The topological polar surface area (TPSA) is 45.5 Å². The van der Waals surface area contributed by atoms with Crippen LogP contribution in [0, 0.1) is 0 Å². The molecule has 3 rings (SSSR count). The largest absolute Gasteiger partial charge is 0.392 e. The Labute approximate surface area is 125 Å². The number of aliphatic hydroxyl groups excluding tert-OH is 1. The summed E-state index contributed by atoms with van der Waals surface area (Å²) in [6.07, 6.45) is 6.62. The number of likely N-dealkylation sites (tertiary alicyclic amines) is 1. The van der Waals surface area contributed by atoms with Crippen LogP contribution in [0.5, 0.6) is 0 Å². The van der Waals surface area contributed by atoms with Crippen LogP contribution in [0.25, 0.3) is 10.9 Å². The molecule has 0 unspecified atom stereocenters. The van der Waals surface area contributed by atoms with E-state index in [1.54, 1.807) is 0 Å². The van der Waals surface area contributed by atoms with Gasteiger partial charge in [-0.05, 0) is 24.3 Å². The van der Waals surface area contributed by atoms with Crippen molar-refractivity contribution in [2.24, 2.45) is 0 Å². The quantitative estimate of drug-likeness (QED) is 0.942. The summed E-state index contributed by atoms with van der Waals surface area (Å²) in [6.45, 7) is 2.12. The fraction of sp³-hybridized carbons (Fsp3) is 0.471. The van der Waals surface area contributed by atoms with Gasteiger partial charge in [0.2, 0.25) is 5.91 Å². The van der Waals surface area contributed by atoms with Gasteiger partial charge in [0.05, 0.1) is 12.1 Å².